The number of benzene rings is 2. The third kappa shape index (κ3) is 5.60. The smallest absolute Gasteiger partial charge is 0.262 e. The maximum Gasteiger partial charge on any atom is 0.262 e. The van der Waals surface area contributed by atoms with Crippen LogP contribution in [0.25, 0.3) is 0 Å². The molecule has 0 spiro atoms. The number of carbonyl (C=O) groups is 3. The monoisotopic (exact) mass is 560 g/mol. The molecule has 0 atom stereocenters. The minimum atomic E-state index is -0.602. The van der Waals surface area contributed by atoms with Crippen molar-refractivity contribution in [2.24, 2.45) is 10.8 Å². The quantitative estimate of drug-likeness (QED) is 0.413. The van der Waals surface area contributed by atoms with Crippen LogP contribution >= 0.6 is 11.6 Å². The first-order valence-electron chi connectivity index (χ1n) is 13.8. The first kappa shape index (κ1) is 28.2. The molecule has 40 heavy (non-hydrogen) atoms. The van der Waals surface area contributed by atoms with Gasteiger partial charge >= 0.3 is 0 Å². The Labute approximate surface area is 241 Å². The Morgan fingerprint density at radius 1 is 0.925 bits per heavy atom. The molecule has 2 N–H and O–H groups in total. The number of allylic oxidation sites excluding steroid dienone is 4. The molecule has 1 heterocycles. The van der Waals surface area contributed by atoms with Gasteiger partial charge in [0.1, 0.15) is 5.75 Å². The van der Waals surface area contributed by atoms with Crippen LogP contribution in [0.15, 0.2) is 58.9 Å². The van der Waals surface area contributed by atoms with Crippen LogP contribution in [0.2, 0.25) is 5.02 Å². The Balaban J connectivity index is 1.53. The summed E-state index contributed by atoms with van der Waals surface area (Å²) in [6, 6.07) is 11.0. The van der Waals surface area contributed by atoms with Crippen LogP contribution in [0.4, 0.5) is 5.69 Å². The van der Waals surface area contributed by atoms with E-state index in [4.69, 9.17) is 16.3 Å². The lowest BCUT2D eigenvalue weighted by atomic mass is 9.64. The summed E-state index contributed by atoms with van der Waals surface area (Å²) in [4.78, 5) is 40.3. The van der Waals surface area contributed by atoms with Gasteiger partial charge in [0.25, 0.3) is 5.91 Å². The molecule has 0 bridgehead atoms. The number of hydrogen-bond donors (Lipinski definition) is 2. The lowest BCUT2D eigenvalue weighted by Crippen LogP contribution is -2.42. The van der Waals surface area contributed by atoms with E-state index in [0.29, 0.717) is 53.2 Å². The molecule has 2 aromatic rings. The van der Waals surface area contributed by atoms with Gasteiger partial charge < -0.3 is 15.4 Å². The van der Waals surface area contributed by atoms with Gasteiger partial charge in [0, 0.05) is 57.6 Å². The van der Waals surface area contributed by atoms with Gasteiger partial charge in [0.05, 0.1) is 0 Å². The largest absolute Gasteiger partial charge is 0.483 e. The molecule has 0 unspecified atom stereocenters. The van der Waals surface area contributed by atoms with E-state index in [9.17, 15) is 14.4 Å². The number of amides is 1. The molecule has 0 fully saturated rings. The third-order valence-corrected chi connectivity index (χ3v) is 8.25. The molecule has 1 amide bonds. The van der Waals surface area contributed by atoms with Gasteiger partial charge in [-0.25, -0.2) is 0 Å². The SMILES string of the molecule is Cc1ccc(NC(=O)COc2ccc(Cl)cc2C2C3=C(CC(C)(C)CC3=O)NC3=C2C(=O)CC(C)(C)C3)c(C)c1. The molecule has 0 radical (unpaired) electrons. The van der Waals surface area contributed by atoms with Crippen molar-refractivity contribution in [1.82, 2.24) is 5.32 Å². The van der Waals surface area contributed by atoms with Crippen LogP contribution in [-0.2, 0) is 14.4 Å². The zero-order valence-electron chi connectivity index (χ0n) is 24.1. The molecule has 6 nitrogen and oxygen atoms in total. The summed E-state index contributed by atoms with van der Waals surface area (Å²) in [7, 11) is 0. The highest BCUT2D eigenvalue weighted by Gasteiger charge is 2.47. The number of halogens is 1. The predicted molar refractivity (Wildman–Crippen MR) is 157 cm³/mol. The molecule has 2 aliphatic carbocycles. The number of ketones is 2. The highest BCUT2D eigenvalue weighted by molar-refractivity contribution is 6.30. The summed E-state index contributed by atoms with van der Waals surface area (Å²) in [6.07, 6.45) is 2.18. The van der Waals surface area contributed by atoms with Crippen molar-refractivity contribution in [3.63, 3.8) is 0 Å². The Bertz CT molecular complexity index is 1450. The second kappa shape index (κ2) is 10.2. The highest BCUT2D eigenvalue weighted by atomic mass is 35.5. The van der Waals surface area contributed by atoms with Crippen LogP contribution in [0.5, 0.6) is 5.75 Å². The number of nitrogens with one attached hydrogen (secondary N) is 2. The van der Waals surface area contributed by atoms with E-state index in [1.165, 1.54) is 0 Å². The van der Waals surface area contributed by atoms with E-state index < -0.39 is 5.92 Å². The van der Waals surface area contributed by atoms with Gasteiger partial charge in [-0.05, 0) is 67.3 Å². The first-order valence-corrected chi connectivity index (χ1v) is 14.2. The number of aryl methyl sites for hydroxylation is 2. The van der Waals surface area contributed by atoms with Gasteiger partial charge in [-0.1, -0.05) is 57.0 Å². The van der Waals surface area contributed by atoms with E-state index in [-0.39, 0.29) is 34.9 Å². The average Bonchev–Trinajstić information content (AvgIpc) is 2.82. The lowest BCUT2D eigenvalue weighted by molar-refractivity contribution is -0.120. The van der Waals surface area contributed by atoms with Crippen LogP contribution in [0, 0.1) is 24.7 Å². The molecular weight excluding hydrogens is 524 g/mol. The second-order valence-corrected chi connectivity index (χ2v) is 13.5. The fraction of sp³-hybridized carbons (Fsp3) is 0.424. The van der Waals surface area contributed by atoms with E-state index in [2.05, 4.69) is 38.3 Å². The van der Waals surface area contributed by atoms with Crippen molar-refractivity contribution >= 4 is 34.8 Å². The summed E-state index contributed by atoms with van der Waals surface area (Å²) in [5, 5.41) is 6.91. The summed E-state index contributed by atoms with van der Waals surface area (Å²) >= 11 is 6.50. The van der Waals surface area contributed by atoms with Gasteiger partial charge in [0.2, 0.25) is 0 Å². The van der Waals surface area contributed by atoms with E-state index in [0.717, 1.165) is 28.2 Å². The summed E-state index contributed by atoms with van der Waals surface area (Å²) in [6.45, 7) is 12.1. The third-order valence-electron chi connectivity index (χ3n) is 8.02. The van der Waals surface area contributed by atoms with Crippen molar-refractivity contribution in [3.05, 3.63) is 80.7 Å². The molecule has 0 saturated carbocycles. The molecule has 0 saturated heterocycles. The maximum atomic E-state index is 13.7. The Hall–Kier alpha value is -3.38. The lowest BCUT2D eigenvalue weighted by Gasteiger charge is -2.44. The fourth-order valence-electron chi connectivity index (χ4n) is 6.36. The Morgan fingerprint density at radius 3 is 2.10 bits per heavy atom. The highest BCUT2D eigenvalue weighted by Crippen LogP contribution is 2.52. The average molecular weight is 561 g/mol. The van der Waals surface area contributed by atoms with Crippen molar-refractivity contribution in [2.45, 2.75) is 73.1 Å². The summed E-state index contributed by atoms with van der Waals surface area (Å²) in [5.41, 5.74) is 6.01. The Kier molecular flexibility index (Phi) is 7.20. The minimum Gasteiger partial charge on any atom is -0.483 e. The topological polar surface area (TPSA) is 84.5 Å². The molecule has 210 valence electrons. The van der Waals surface area contributed by atoms with E-state index in [1.807, 2.05) is 32.0 Å². The summed E-state index contributed by atoms with van der Waals surface area (Å²) in [5.74, 6) is -0.433. The molecule has 7 heteroatoms. The van der Waals surface area contributed by atoms with Crippen molar-refractivity contribution in [2.75, 3.05) is 11.9 Å². The van der Waals surface area contributed by atoms with Gasteiger partial charge in [-0.3, -0.25) is 14.4 Å². The molecule has 5 rings (SSSR count). The van der Waals surface area contributed by atoms with E-state index in [1.54, 1.807) is 18.2 Å². The standard InChI is InChI=1S/C33H37ClN2O4/c1-18-7-9-22(19(2)11-18)36-28(39)17-40-27-10-8-20(34)12-21(27)29-30-23(13-32(3,4)15-25(30)37)35-24-14-33(5,6)16-26(38)31(24)29/h7-12,29,35H,13-17H2,1-6H3,(H,36,39). The minimum absolute atomic E-state index is 0.0199. The molecule has 1 aliphatic heterocycles. The number of carbonyl (C=O) groups excluding carboxylic acids is 3. The van der Waals surface area contributed by atoms with Crippen molar-refractivity contribution in [1.29, 1.82) is 0 Å². The number of dihydropyridines is 1. The normalized spacial score (nSPS) is 20.1. The number of Topliss-reactive ketones (excluding diaryl/α,β-unsaturated/α-hetero) is 2. The van der Waals surface area contributed by atoms with Gasteiger partial charge in [-0.2, -0.15) is 0 Å². The van der Waals surface area contributed by atoms with Crippen molar-refractivity contribution in [3.8, 4) is 5.75 Å². The molecule has 2 aromatic carbocycles. The molecule has 3 aliphatic rings. The Morgan fingerprint density at radius 2 is 1.52 bits per heavy atom. The zero-order chi connectivity index (χ0) is 29.0. The number of ether oxygens (including phenoxy) is 1. The maximum absolute atomic E-state index is 13.7. The zero-order valence-corrected chi connectivity index (χ0v) is 24.8. The second-order valence-electron chi connectivity index (χ2n) is 13.1. The van der Waals surface area contributed by atoms with E-state index >= 15 is 0 Å². The molecule has 0 aromatic heterocycles. The van der Waals surface area contributed by atoms with Crippen LogP contribution in [0.1, 0.15) is 76.0 Å². The number of hydrogen-bond acceptors (Lipinski definition) is 5. The van der Waals surface area contributed by atoms with Crippen molar-refractivity contribution < 1.29 is 19.1 Å². The number of anilines is 1. The summed E-state index contributed by atoms with van der Waals surface area (Å²) < 4.78 is 6.10. The predicted octanol–water partition coefficient (Wildman–Crippen LogP) is 6.95. The van der Waals surface area contributed by atoms with Crippen LogP contribution in [0.3, 0.4) is 0 Å². The van der Waals surface area contributed by atoms with Gasteiger partial charge in [0.15, 0.2) is 18.2 Å². The first-order chi connectivity index (χ1) is 18.7. The fourth-order valence-corrected chi connectivity index (χ4v) is 6.54. The van der Waals surface area contributed by atoms with Crippen LogP contribution < -0.4 is 15.4 Å². The van der Waals surface area contributed by atoms with Gasteiger partial charge in [-0.15, -0.1) is 0 Å². The molecular formula is C33H37ClN2O4. The van der Waals surface area contributed by atoms with Crippen LogP contribution in [-0.4, -0.2) is 24.1 Å². The number of rotatable bonds is 5.